The Morgan fingerprint density at radius 1 is 1.15 bits per heavy atom. The fourth-order valence-electron chi connectivity index (χ4n) is 2.57. The molecule has 1 aromatic heterocycles. The van der Waals surface area contributed by atoms with Crippen molar-refractivity contribution >= 4 is 34.5 Å². The van der Waals surface area contributed by atoms with E-state index >= 15 is 0 Å². The fraction of sp³-hybridized carbons (Fsp3) is 0.167. The van der Waals surface area contributed by atoms with Crippen LogP contribution in [0.3, 0.4) is 0 Å². The molecule has 0 fully saturated rings. The monoisotopic (exact) mass is 389 g/mol. The number of aryl methyl sites for hydroxylation is 1. The molecule has 0 atom stereocenters. The molecular weight excluding hydrogens is 374 g/mol. The van der Waals surface area contributed by atoms with Crippen molar-refractivity contribution in [3.05, 3.63) is 63.6 Å². The van der Waals surface area contributed by atoms with Gasteiger partial charge < -0.3 is 9.52 Å². The van der Waals surface area contributed by atoms with Gasteiger partial charge in [-0.05, 0) is 36.8 Å². The topological polar surface area (TPSA) is 114 Å². The minimum atomic E-state index is -0.694. The van der Waals surface area contributed by atoms with Gasteiger partial charge in [-0.15, -0.1) is 0 Å². The number of benzene rings is 2. The Bertz CT molecular complexity index is 1060. The largest absolute Gasteiger partial charge is 0.507 e. The number of carbonyl (C=O) groups excluding carboxylic acids is 2. The minimum absolute atomic E-state index is 0.0563. The number of aromatic hydroxyl groups is 1. The van der Waals surface area contributed by atoms with Gasteiger partial charge in [-0.3, -0.25) is 25.0 Å². The molecule has 0 saturated carbocycles. The van der Waals surface area contributed by atoms with Crippen molar-refractivity contribution in [1.29, 1.82) is 0 Å². The summed E-state index contributed by atoms with van der Waals surface area (Å²) in [5.41, 5.74) is 5.55. The van der Waals surface area contributed by atoms with Gasteiger partial charge in [-0.1, -0.05) is 23.7 Å². The molecule has 0 aliphatic carbocycles. The quantitative estimate of drug-likeness (QED) is 0.579. The van der Waals surface area contributed by atoms with E-state index in [1.807, 2.05) is 0 Å². The molecule has 3 rings (SSSR count). The van der Waals surface area contributed by atoms with Crippen LogP contribution in [0.15, 0.2) is 51.7 Å². The van der Waals surface area contributed by atoms with Gasteiger partial charge in [0.15, 0.2) is 5.58 Å². The molecule has 0 spiro atoms. The van der Waals surface area contributed by atoms with Crippen LogP contribution in [-0.4, -0.2) is 21.5 Å². The number of phenolic OH excluding ortho intramolecular Hbond substituents is 1. The molecule has 2 aromatic carbocycles. The zero-order valence-electron chi connectivity index (χ0n) is 14.1. The third kappa shape index (κ3) is 4.29. The van der Waals surface area contributed by atoms with E-state index < -0.39 is 17.6 Å². The number of rotatable bonds is 5. The second kappa shape index (κ2) is 7.96. The lowest BCUT2D eigenvalue weighted by Gasteiger charge is -2.09. The molecule has 0 aliphatic rings. The predicted octanol–water partition coefficient (Wildman–Crippen LogP) is 2.19. The summed E-state index contributed by atoms with van der Waals surface area (Å²) >= 11 is 5.78. The first-order valence-corrected chi connectivity index (χ1v) is 8.49. The van der Waals surface area contributed by atoms with E-state index in [-0.39, 0.29) is 22.8 Å². The van der Waals surface area contributed by atoms with Gasteiger partial charge in [0, 0.05) is 18.0 Å². The number of phenols is 1. The molecule has 1 heterocycles. The summed E-state index contributed by atoms with van der Waals surface area (Å²) in [5, 5.41) is 9.94. The van der Waals surface area contributed by atoms with Gasteiger partial charge in [0.2, 0.25) is 5.91 Å². The van der Waals surface area contributed by atoms with Gasteiger partial charge in [0.1, 0.15) is 5.75 Å². The lowest BCUT2D eigenvalue weighted by molar-refractivity contribution is -0.122. The predicted molar refractivity (Wildman–Crippen MR) is 98.4 cm³/mol. The van der Waals surface area contributed by atoms with Crippen LogP contribution in [0.1, 0.15) is 23.2 Å². The van der Waals surface area contributed by atoms with Crippen molar-refractivity contribution in [2.45, 2.75) is 19.4 Å². The van der Waals surface area contributed by atoms with Gasteiger partial charge >= 0.3 is 5.76 Å². The van der Waals surface area contributed by atoms with Gasteiger partial charge in [-0.25, -0.2) is 4.79 Å². The van der Waals surface area contributed by atoms with Crippen LogP contribution in [0.4, 0.5) is 0 Å². The Balaban J connectivity index is 1.51. The van der Waals surface area contributed by atoms with Gasteiger partial charge in [0.05, 0.1) is 11.1 Å². The van der Waals surface area contributed by atoms with Crippen LogP contribution in [-0.2, 0) is 11.3 Å². The molecule has 27 heavy (non-hydrogen) atoms. The standard InChI is InChI=1S/C18H16ClN3O5/c19-11-7-8-14(23)12(10-11)17(25)21-20-16(24)6-3-9-22-13-4-1-2-5-15(13)27-18(22)26/h1-2,4-5,7-8,10,23H,3,6,9H2,(H,20,24)(H,21,25). The molecule has 3 N–H and O–H groups in total. The van der Waals surface area contributed by atoms with Crippen molar-refractivity contribution in [2.75, 3.05) is 0 Å². The average Bonchev–Trinajstić information content (AvgIpc) is 2.97. The van der Waals surface area contributed by atoms with Crippen molar-refractivity contribution in [3.63, 3.8) is 0 Å². The van der Waals surface area contributed by atoms with Crippen LogP contribution in [0.25, 0.3) is 11.1 Å². The second-order valence-electron chi connectivity index (χ2n) is 5.75. The lowest BCUT2D eigenvalue weighted by atomic mass is 10.2. The van der Waals surface area contributed by atoms with E-state index in [0.717, 1.165) is 0 Å². The Morgan fingerprint density at radius 3 is 2.74 bits per heavy atom. The summed E-state index contributed by atoms with van der Waals surface area (Å²) in [5.74, 6) is -1.87. The zero-order valence-corrected chi connectivity index (χ0v) is 14.8. The number of aromatic nitrogens is 1. The maximum Gasteiger partial charge on any atom is 0.419 e. The normalized spacial score (nSPS) is 10.7. The fourth-order valence-corrected chi connectivity index (χ4v) is 2.74. The third-order valence-electron chi connectivity index (χ3n) is 3.88. The summed E-state index contributed by atoms with van der Waals surface area (Å²) in [4.78, 5) is 35.7. The first kappa shape index (κ1) is 18.5. The number of para-hydroxylation sites is 2. The van der Waals surface area contributed by atoms with Gasteiger partial charge in [-0.2, -0.15) is 0 Å². The first-order valence-electron chi connectivity index (χ1n) is 8.12. The molecule has 0 saturated heterocycles. The first-order chi connectivity index (χ1) is 13.0. The number of oxazole rings is 1. The van der Waals surface area contributed by atoms with Crippen molar-refractivity contribution < 1.29 is 19.1 Å². The highest BCUT2D eigenvalue weighted by atomic mass is 35.5. The maximum atomic E-state index is 12.0. The number of fused-ring (bicyclic) bond motifs is 1. The Morgan fingerprint density at radius 2 is 1.93 bits per heavy atom. The number of hydrazine groups is 1. The third-order valence-corrected chi connectivity index (χ3v) is 4.11. The van der Waals surface area contributed by atoms with E-state index in [9.17, 15) is 19.5 Å². The van der Waals surface area contributed by atoms with Crippen molar-refractivity contribution in [2.24, 2.45) is 0 Å². The van der Waals surface area contributed by atoms with Crippen molar-refractivity contribution in [3.8, 4) is 5.75 Å². The SMILES string of the molecule is O=C(CCCn1c(=O)oc2ccccc21)NNC(=O)c1cc(Cl)ccc1O. The molecule has 3 aromatic rings. The van der Waals surface area contributed by atoms with Crippen LogP contribution in [0, 0.1) is 0 Å². The zero-order chi connectivity index (χ0) is 19.4. The highest BCUT2D eigenvalue weighted by Crippen LogP contribution is 2.21. The Hall–Kier alpha value is -3.26. The molecule has 0 bridgehead atoms. The Kier molecular flexibility index (Phi) is 5.46. The molecule has 2 amide bonds. The van der Waals surface area contributed by atoms with Crippen LogP contribution in [0.2, 0.25) is 5.02 Å². The molecule has 0 radical (unpaired) electrons. The average molecular weight is 390 g/mol. The molecule has 8 nitrogen and oxygen atoms in total. The summed E-state index contributed by atoms with van der Waals surface area (Å²) in [6.07, 6.45) is 0.446. The molecule has 140 valence electrons. The molecular formula is C18H16ClN3O5. The number of nitrogens with one attached hydrogen (secondary N) is 2. The van der Waals surface area contributed by atoms with Crippen LogP contribution < -0.4 is 16.6 Å². The van der Waals surface area contributed by atoms with Crippen molar-refractivity contribution in [1.82, 2.24) is 15.4 Å². The summed E-state index contributed by atoms with van der Waals surface area (Å²) in [6.45, 7) is 0.298. The summed E-state index contributed by atoms with van der Waals surface area (Å²) in [6, 6.07) is 11.0. The number of halogens is 1. The number of amides is 2. The van der Waals surface area contributed by atoms with Crippen LogP contribution in [0.5, 0.6) is 5.75 Å². The summed E-state index contributed by atoms with van der Waals surface area (Å²) in [7, 11) is 0. The molecule has 0 aliphatic heterocycles. The number of hydrogen-bond donors (Lipinski definition) is 3. The maximum absolute atomic E-state index is 12.0. The van der Waals surface area contributed by atoms with E-state index in [4.69, 9.17) is 16.0 Å². The highest BCUT2D eigenvalue weighted by Gasteiger charge is 2.13. The minimum Gasteiger partial charge on any atom is -0.507 e. The highest BCUT2D eigenvalue weighted by molar-refractivity contribution is 6.31. The smallest absolute Gasteiger partial charge is 0.419 e. The second-order valence-corrected chi connectivity index (χ2v) is 6.19. The number of nitrogens with zero attached hydrogens (tertiary/aromatic N) is 1. The van der Waals surface area contributed by atoms with E-state index in [2.05, 4.69) is 10.9 Å². The van der Waals surface area contributed by atoms with Gasteiger partial charge in [0.25, 0.3) is 5.91 Å². The Labute approximate surface area is 158 Å². The van der Waals surface area contributed by atoms with E-state index in [0.29, 0.717) is 24.1 Å². The van der Waals surface area contributed by atoms with Crippen LogP contribution >= 0.6 is 11.6 Å². The number of hydrogen-bond acceptors (Lipinski definition) is 5. The van der Waals surface area contributed by atoms with E-state index in [1.54, 1.807) is 24.3 Å². The van der Waals surface area contributed by atoms with E-state index in [1.165, 1.54) is 22.8 Å². The molecule has 9 heteroatoms. The molecule has 0 unspecified atom stereocenters. The summed E-state index contributed by atoms with van der Waals surface area (Å²) < 4.78 is 6.57. The lowest BCUT2D eigenvalue weighted by Crippen LogP contribution is -2.41. The number of carbonyl (C=O) groups is 2.